The monoisotopic (exact) mass is 732 g/mol. The molecule has 0 atom stereocenters. The molecule has 0 aromatic carbocycles. The van der Waals surface area contributed by atoms with Crippen LogP contribution >= 0.6 is 0 Å². The molecule has 51 heavy (non-hydrogen) atoms. The summed E-state index contributed by atoms with van der Waals surface area (Å²) in [5.74, 6) is -8.38. The van der Waals surface area contributed by atoms with Crippen LogP contribution in [0.5, 0.6) is 11.5 Å². The Balaban J connectivity index is 0.000000510. The van der Waals surface area contributed by atoms with Gasteiger partial charge in [-0.1, -0.05) is 143 Å². The SMILES string of the molecule is CCCCCCCCCCCC(C)(C)COc1c[nH]c(C(=O)O)c1F.CCCCCCCCCCCCC(F)(F)COc1c[nH]c(C(=O)O)c1F. The van der Waals surface area contributed by atoms with Gasteiger partial charge < -0.3 is 29.7 Å². The summed E-state index contributed by atoms with van der Waals surface area (Å²) in [6, 6.07) is 0. The predicted octanol–water partition coefficient (Wildman–Crippen LogP) is 12.4. The van der Waals surface area contributed by atoms with Crippen LogP contribution in [-0.2, 0) is 0 Å². The standard InChI is InChI=1S/C20H34FNO3.C19H30F3NO3/c1-4-5-6-7-8-9-10-11-12-13-20(2,3)15-25-16-14-22-18(17(16)21)19(23)24;1-2-3-4-5-6-7-8-9-10-11-12-19(21,22)14-26-15-13-23-17(16(15)20)18(24)25/h14,22H,4-13,15H2,1-3H3,(H,23,24);13,23H,2-12,14H2,1H3,(H,24,25). The minimum Gasteiger partial charge on any atom is -0.488 e. The molecule has 0 spiro atoms. The van der Waals surface area contributed by atoms with Crippen molar-refractivity contribution in [3.05, 3.63) is 35.4 Å². The molecule has 0 aliphatic carbocycles. The number of halogens is 4. The number of carboxylic acid groups (broad SMARTS) is 2. The van der Waals surface area contributed by atoms with Crippen LogP contribution in [0.15, 0.2) is 12.4 Å². The molecule has 0 fully saturated rings. The first kappa shape index (κ1) is 45.8. The van der Waals surface area contributed by atoms with Gasteiger partial charge in [-0.3, -0.25) is 0 Å². The Labute approximate surface area is 302 Å². The Morgan fingerprint density at radius 3 is 1.27 bits per heavy atom. The summed E-state index contributed by atoms with van der Waals surface area (Å²) in [7, 11) is 0. The molecule has 0 bridgehead atoms. The number of carbonyl (C=O) groups is 2. The van der Waals surface area contributed by atoms with E-state index in [0.717, 1.165) is 44.7 Å². The van der Waals surface area contributed by atoms with Crippen molar-refractivity contribution in [1.82, 2.24) is 9.97 Å². The topological polar surface area (TPSA) is 125 Å². The Kier molecular flexibility index (Phi) is 23.1. The number of rotatable bonds is 29. The van der Waals surface area contributed by atoms with Crippen molar-refractivity contribution < 1.29 is 46.8 Å². The maximum Gasteiger partial charge on any atom is 0.355 e. The van der Waals surface area contributed by atoms with Gasteiger partial charge in [0.2, 0.25) is 0 Å². The number of unbranched alkanes of at least 4 members (excludes halogenated alkanes) is 17. The molecule has 0 unspecified atom stereocenters. The number of hydrogen-bond acceptors (Lipinski definition) is 4. The van der Waals surface area contributed by atoms with Gasteiger partial charge in [0, 0.05) is 18.8 Å². The number of aromatic carboxylic acids is 2. The van der Waals surface area contributed by atoms with Crippen LogP contribution in [0.25, 0.3) is 0 Å². The van der Waals surface area contributed by atoms with E-state index in [1.807, 2.05) is 0 Å². The molecule has 0 amide bonds. The van der Waals surface area contributed by atoms with Gasteiger partial charge in [0.25, 0.3) is 5.92 Å². The van der Waals surface area contributed by atoms with Crippen LogP contribution in [0.3, 0.4) is 0 Å². The van der Waals surface area contributed by atoms with Gasteiger partial charge in [0.1, 0.15) is 0 Å². The minimum absolute atomic E-state index is 0.0162. The summed E-state index contributed by atoms with van der Waals surface area (Å²) in [6.45, 7) is 8.03. The number of carboxylic acids is 2. The predicted molar refractivity (Wildman–Crippen MR) is 193 cm³/mol. The largest absolute Gasteiger partial charge is 0.488 e. The molecular weight excluding hydrogens is 668 g/mol. The quantitative estimate of drug-likeness (QED) is 0.0487. The molecule has 0 radical (unpaired) electrons. The number of aromatic nitrogens is 2. The molecule has 2 aromatic heterocycles. The normalized spacial score (nSPS) is 11.7. The van der Waals surface area contributed by atoms with E-state index in [2.05, 4.69) is 37.7 Å². The van der Waals surface area contributed by atoms with E-state index >= 15 is 0 Å². The Hall–Kier alpha value is -3.18. The molecular formula is C39H64F4N2O6. The van der Waals surface area contributed by atoms with Crippen LogP contribution < -0.4 is 9.47 Å². The second-order valence-electron chi connectivity index (χ2n) is 14.4. The molecule has 2 aromatic rings. The van der Waals surface area contributed by atoms with Gasteiger partial charge in [0.05, 0.1) is 6.61 Å². The van der Waals surface area contributed by atoms with Crippen LogP contribution in [0, 0.1) is 17.0 Å². The third kappa shape index (κ3) is 20.4. The van der Waals surface area contributed by atoms with Gasteiger partial charge >= 0.3 is 11.9 Å². The smallest absolute Gasteiger partial charge is 0.355 e. The first-order valence-electron chi connectivity index (χ1n) is 19.1. The minimum atomic E-state index is -3.06. The number of ether oxygens (including phenoxy) is 2. The van der Waals surface area contributed by atoms with Crippen LogP contribution in [0.4, 0.5) is 17.6 Å². The summed E-state index contributed by atoms with van der Waals surface area (Å²) >= 11 is 0. The molecule has 0 aliphatic rings. The molecule has 4 N–H and O–H groups in total. The Bertz CT molecular complexity index is 1230. The zero-order valence-electron chi connectivity index (χ0n) is 31.5. The van der Waals surface area contributed by atoms with Crippen molar-refractivity contribution in [2.45, 2.75) is 168 Å². The van der Waals surface area contributed by atoms with E-state index in [0.29, 0.717) is 13.0 Å². The van der Waals surface area contributed by atoms with Gasteiger partial charge in [-0.15, -0.1) is 0 Å². The fourth-order valence-corrected chi connectivity index (χ4v) is 5.68. The fraction of sp³-hybridized carbons (Fsp3) is 0.744. The fourth-order valence-electron chi connectivity index (χ4n) is 5.68. The lowest BCUT2D eigenvalue weighted by Crippen LogP contribution is -2.25. The highest BCUT2D eigenvalue weighted by Crippen LogP contribution is 2.29. The highest BCUT2D eigenvalue weighted by atomic mass is 19.3. The summed E-state index contributed by atoms with van der Waals surface area (Å²) in [5.41, 5.74) is -1.21. The molecule has 2 rings (SSSR count). The Morgan fingerprint density at radius 2 is 0.922 bits per heavy atom. The lowest BCUT2D eigenvalue weighted by molar-refractivity contribution is -0.0501. The summed E-state index contributed by atoms with van der Waals surface area (Å²) in [6.07, 6.45) is 25.1. The first-order chi connectivity index (χ1) is 24.2. The zero-order valence-corrected chi connectivity index (χ0v) is 31.5. The van der Waals surface area contributed by atoms with Crippen molar-refractivity contribution in [2.24, 2.45) is 5.41 Å². The summed E-state index contributed by atoms with van der Waals surface area (Å²) in [5, 5.41) is 17.5. The molecule has 8 nitrogen and oxygen atoms in total. The van der Waals surface area contributed by atoms with E-state index in [1.54, 1.807) is 0 Å². The number of aromatic amines is 2. The lowest BCUT2D eigenvalue weighted by atomic mass is 9.87. The van der Waals surface area contributed by atoms with Crippen LogP contribution in [-0.4, -0.2) is 51.3 Å². The average molecular weight is 733 g/mol. The van der Waals surface area contributed by atoms with Crippen molar-refractivity contribution in [2.75, 3.05) is 13.2 Å². The second kappa shape index (κ2) is 25.7. The number of nitrogens with one attached hydrogen (secondary N) is 2. The van der Waals surface area contributed by atoms with Crippen LogP contribution in [0.1, 0.15) is 184 Å². The highest BCUT2D eigenvalue weighted by Gasteiger charge is 2.30. The van der Waals surface area contributed by atoms with Gasteiger partial charge in [-0.05, 0) is 18.3 Å². The summed E-state index contributed by atoms with van der Waals surface area (Å²) < 4.78 is 65.2. The molecule has 12 heteroatoms. The highest BCUT2D eigenvalue weighted by molar-refractivity contribution is 5.86. The second-order valence-corrected chi connectivity index (χ2v) is 14.4. The number of alkyl halides is 2. The van der Waals surface area contributed by atoms with Crippen molar-refractivity contribution >= 4 is 11.9 Å². The maximum atomic E-state index is 13.8. The number of H-pyrrole nitrogens is 2. The van der Waals surface area contributed by atoms with Gasteiger partial charge in [0.15, 0.2) is 41.1 Å². The number of hydrogen-bond donors (Lipinski definition) is 4. The van der Waals surface area contributed by atoms with Gasteiger partial charge in [-0.2, -0.15) is 0 Å². The van der Waals surface area contributed by atoms with Crippen molar-refractivity contribution in [3.63, 3.8) is 0 Å². The van der Waals surface area contributed by atoms with Crippen molar-refractivity contribution in [1.29, 1.82) is 0 Å². The zero-order chi connectivity index (χ0) is 38.1. The Morgan fingerprint density at radius 1 is 0.588 bits per heavy atom. The molecule has 2 heterocycles. The van der Waals surface area contributed by atoms with Gasteiger partial charge in [-0.25, -0.2) is 27.2 Å². The molecule has 294 valence electrons. The lowest BCUT2D eigenvalue weighted by Gasteiger charge is -2.24. The van der Waals surface area contributed by atoms with E-state index in [4.69, 9.17) is 19.7 Å². The third-order valence-electron chi connectivity index (χ3n) is 8.91. The molecule has 0 aliphatic heterocycles. The first-order valence-corrected chi connectivity index (χ1v) is 19.1. The average Bonchev–Trinajstić information content (AvgIpc) is 3.64. The van der Waals surface area contributed by atoms with E-state index in [1.165, 1.54) is 89.7 Å². The van der Waals surface area contributed by atoms with Crippen LogP contribution in [0.2, 0.25) is 0 Å². The van der Waals surface area contributed by atoms with E-state index in [9.17, 15) is 27.2 Å². The van der Waals surface area contributed by atoms with E-state index in [-0.39, 0.29) is 17.6 Å². The van der Waals surface area contributed by atoms with E-state index < -0.39 is 53.2 Å². The van der Waals surface area contributed by atoms with Crippen molar-refractivity contribution in [3.8, 4) is 11.5 Å². The maximum absolute atomic E-state index is 13.8. The molecule has 0 saturated heterocycles. The third-order valence-corrected chi connectivity index (χ3v) is 8.91. The summed E-state index contributed by atoms with van der Waals surface area (Å²) in [4.78, 5) is 26.0. The molecule has 0 saturated carbocycles.